The summed E-state index contributed by atoms with van der Waals surface area (Å²) in [5.74, 6) is 0. The Bertz CT molecular complexity index is 173. The van der Waals surface area contributed by atoms with Crippen molar-refractivity contribution < 1.29 is 4.79 Å². The maximum absolute atomic E-state index is 10.7. The van der Waals surface area contributed by atoms with Crippen LogP contribution in [-0.4, -0.2) is 17.1 Å². The van der Waals surface area contributed by atoms with E-state index in [0.717, 1.165) is 6.42 Å². The first-order chi connectivity index (χ1) is 4.06. The number of carbonyl (C=O) groups is 1. The molecule has 0 aromatic rings. The van der Waals surface area contributed by atoms with Crippen LogP contribution in [0.3, 0.4) is 0 Å². The van der Waals surface area contributed by atoms with Gasteiger partial charge in [-0.1, -0.05) is 0 Å². The molecule has 2 unspecified atom stereocenters. The number of fused-ring (bicyclic) bond motifs is 1. The molecular formula is C6H10N2O. The highest BCUT2D eigenvalue weighted by molar-refractivity contribution is 5.82. The molecule has 2 fully saturated rings. The summed E-state index contributed by atoms with van der Waals surface area (Å²) in [6, 6.07) is -0.0220. The second-order valence-electron chi connectivity index (χ2n) is 3.42. The van der Waals surface area contributed by atoms with Crippen molar-refractivity contribution in [1.82, 2.24) is 10.6 Å². The molecule has 1 saturated heterocycles. The molecule has 2 atom stereocenters. The lowest BCUT2D eigenvalue weighted by atomic mass is 10.2. The molecule has 50 valence electrons. The smallest absolute Gasteiger partial charge is 0.315 e. The molecule has 1 heterocycles. The summed E-state index contributed by atoms with van der Waals surface area (Å²) >= 11 is 0. The van der Waals surface area contributed by atoms with E-state index in [9.17, 15) is 4.79 Å². The van der Waals surface area contributed by atoms with Gasteiger partial charge in [-0.05, 0) is 20.3 Å². The molecule has 1 aliphatic carbocycles. The minimum Gasteiger partial charge on any atom is -0.331 e. The fourth-order valence-corrected chi connectivity index (χ4v) is 1.56. The van der Waals surface area contributed by atoms with Crippen LogP contribution in [0.1, 0.15) is 20.3 Å². The lowest BCUT2D eigenvalue weighted by Gasteiger charge is -2.03. The van der Waals surface area contributed by atoms with Crippen LogP contribution in [0.5, 0.6) is 0 Å². The monoisotopic (exact) mass is 126 g/mol. The summed E-state index contributed by atoms with van der Waals surface area (Å²) in [4.78, 5) is 10.7. The zero-order valence-electron chi connectivity index (χ0n) is 5.62. The molecule has 3 nitrogen and oxygen atoms in total. The van der Waals surface area contributed by atoms with E-state index < -0.39 is 0 Å². The van der Waals surface area contributed by atoms with Gasteiger partial charge in [0.05, 0.1) is 11.1 Å². The third-order valence-corrected chi connectivity index (χ3v) is 2.58. The first-order valence-electron chi connectivity index (χ1n) is 3.16. The Balaban J connectivity index is 2.29. The van der Waals surface area contributed by atoms with Gasteiger partial charge in [-0.25, -0.2) is 4.79 Å². The van der Waals surface area contributed by atoms with E-state index >= 15 is 0 Å². The van der Waals surface area contributed by atoms with E-state index in [4.69, 9.17) is 0 Å². The van der Waals surface area contributed by atoms with Gasteiger partial charge < -0.3 is 10.6 Å². The van der Waals surface area contributed by atoms with Crippen LogP contribution >= 0.6 is 0 Å². The third-order valence-electron chi connectivity index (χ3n) is 2.58. The first-order valence-corrected chi connectivity index (χ1v) is 3.16. The Morgan fingerprint density at radius 1 is 1.33 bits per heavy atom. The summed E-state index contributed by atoms with van der Waals surface area (Å²) < 4.78 is 0. The van der Waals surface area contributed by atoms with Crippen molar-refractivity contribution in [2.45, 2.75) is 31.3 Å². The number of amides is 2. The maximum Gasteiger partial charge on any atom is 0.315 e. The van der Waals surface area contributed by atoms with Crippen LogP contribution in [0.4, 0.5) is 4.79 Å². The van der Waals surface area contributed by atoms with Crippen LogP contribution < -0.4 is 10.6 Å². The molecule has 2 N–H and O–H groups in total. The first kappa shape index (κ1) is 5.09. The number of rotatable bonds is 0. The SMILES string of the molecule is CC12CC1(C)NC(=O)N2. The molecule has 1 saturated carbocycles. The zero-order chi connectivity index (χ0) is 6.70. The molecule has 0 radical (unpaired) electrons. The lowest BCUT2D eigenvalue weighted by molar-refractivity contribution is 0.243. The van der Waals surface area contributed by atoms with Gasteiger partial charge in [0.25, 0.3) is 0 Å². The van der Waals surface area contributed by atoms with E-state index in [1.54, 1.807) is 0 Å². The molecule has 0 spiro atoms. The molecule has 1 aliphatic heterocycles. The van der Waals surface area contributed by atoms with E-state index in [-0.39, 0.29) is 17.1 Å². The highest BCUT2D eigenvalue weighted by Gasteiger charge is 2.67. The lowest BCUT2D eigenvalue weighted by Crippen LogP contribution is -2.31. The van der Waals surface area contributed by atoms with Crippen molar-refractivity contribution in [1.29, 1.82) is 0 Å². The number of hydrogen-bond acceptors (Lipinski definition) is 1. The predicted molar refractivity (Wildman–Crippen MR) is 33.1 cm³/mol. The number of nitrogens with one attached hydrogen (secondary N) is 2. The van der Waals surface area contributed by atoms with Gasteiger partial charge in [-0.3, -0.25) is 0 Å². The molecule has 2 rings (SSSR count). The molecular weight excluding hydrogens is 116 g/mol. The Morgan fingerprint density at radius 2 is 1.78 bits per heavy atom. The maximum atomic E-state index is 10.7. The minimum atomic E-state index is -0.0220. The third kappa shape index (κ3) is 0.407. The van der Waals surface area contributed by atoms with E-state index in [1.165, 1.54) is 0 Å². The summed E-state index contributed by atoms with van der Waals surface area (Å²) in [6.07, 6.45) is 1.06. The molecule has 0 aromatic carbocycles. The Labute approximate surface area is 53.8 Å². The number of hydrogen-bond donors (Lipinski definition) is 2. The van der Waals surface area contributed by atoms with Crippen molar-refractivity contribution in [3.8, 4) is 0 Å². The summed E-state index contributed by atoms with van der Waals surface area (Å²) in [6.45, 7) is 4.12. The van der Waals surface area contributed by atoms with Crippen LogP contribution in [0.2, 0.25) is 0 Å². The molecule has 0 aromatic heterocycles. The average molecular weight is 126 g/mol. The number of urea groups is 1. The van der Waals surface area contributed by atoms with Crippen LogP contribution in [0.15, 0.2) is 0 Å². The Kier molecular flexibility index (Phi) is 0.542. The van der Waals surface area contributed by atoms with Gasteiger partial charge in [0, 0.05) is 0 Å². The largest absolute Gasteiger partial charge is 0.331 e. The molecule has 2 aliphatic rings. The molecule has 2 amide bonds. The van der Waals surface area contributed by atoms with Crippen LogP contribution in [0, 0.1) is 0 Å². The Morgan fingerprint density at radius 3 is 2.00 bits per heavy atom. The second-order valence-corrected chi connectivity index (χ2v) is 3.42. The predicted octanol–water partition coefficient (Wildman–Crippen LogP) is 0.220. The van der Waals surface area contributed by atoms with Gasteiger partial charge >= 0.3 is 6.03 Å². The van der Waals surface area contributed by atoms with Gasteiger partial charge in [-0.2, -0.15) is 0 Å². The van der Waals surface area contributed by atoms with Crippen molar-refractivity contribution in [2.75, 3.05) is 0 Å². The topological polar surface area (TPSA) is 41.1 Å². The minimum absolute atomic E-state index is 0.0220. The average Bonchev–Trinajstić information content (AvgIpc) is 1.97. The molecule has 9 heavy (non-hydrogen) atoms. The van der Waals surface area contributed by atoms with Crippen molar-refractivity contribution in [3.63, 3.8) is 0 Å². The van der Waals surface area contributed by atoms with Crippen LogP contribution in [-0.2, 0) is 0 Å². The van der Waals surface area contributed by atoms with Gasteiger partial charge in [-0.15, -0.1) is 0 Å². The second kappa shape index (κ2) is 0.958. The Hall–Kier alpha value is -0.730. The highest BCUT2D eigenvalue weighted by Crippen LogP contribution is 2.49. The van der Waals surface area contributed by atoms with Gasteiger partial charge in [0.1, 0.15) is 0 Å². The fraction of sp³-hybridized carbons (Fsp3) is 0.833. The van der Waals surface area contributed by atoms with E-state index in [0.29, 0.717) is 0 Å². The fourth-order valence-electron chi connectivity index (χ4n) is 1.56. The molecule has 3 heteroatoms. The van der Waals surface area contributed by atoms with Gasteiger partial charge in [0.2, 0.25) is 0 Å². The van der Waals surface area contributed by atoms with Crippen molar-refractivity contribution in [2.24, 2.45) is 0 Å². The summed E-state index contributed by atoms with van der Waals surface area (Å²) in [7, 11) is 0. The van der Waals surface area contributed by atoms with E-state index in [1.807, 2.05) is 0 Å². The van der Waals surface area contributed by atoms with Crippen LogP contribution in [0.25, 0.3) is 0 Å². The van der Waals surface area contributed by atoms with Crippen molar-refractivity contribution >= 4 is 6.03 Å². The quantitative estimate of drug-likeness (QED) is 0.479. The molecule has 0 bridgehead atoms. The standard InChI is InChI=1S/C6H10N2O/c1-5-3-6(5,2)8-4(9)7-5/h3H2,1-2H3,(H2,7,8,9). The number of carbonyl (C=O) groups excluding carboxylic acids is 1. The normalized spacial score (nSPS) is 53.8. The summed E-state index contributed by atoms with van der Waals surface area (Å²) in [5.41, 5.74) is 0.119. The highest BCUT2D eigenvalue weighted by atomic mass is 16.2. The van der Waals surface area contributed by atoms with Gasteiger partial charge in [0.15, 0.2) is 0 Å². The zero-order valence-corrected chi connectivity index (χ0v) is 5.62. The van der Waals surface area contributed by atoms with E-state index in [2.05, 4.69) is 24.5 Å². The van der Waals surface area contributed by atoms with Crippen molar-refractivity contribution in [3.05, 3.63) is 0 Å². The summed E-state index contributed by atoms with van der Waals surface area (Å²) in [5, 5.41) is 5.72.